The summed E-state index contributed by atoms with van der Waals surface area (Å²) in [5, 5.41) is 2.71. The Morgan fingerprint density at radius 1 is 1.23 bits per heavy atom. The Balaban J connectivity index is 2.02. The zero-order valence-corrected chi connectivity index (χ0v) is 15.3. The van der Waals surface area contributed by atoms with Crippen molar-refractivity contribution in [2.45, 2.75) is 38.6 Å². The van der Waals surface area contributed by atoms with E-state index in [1.54, 1.807) is 31.4 Å². The minimum absolute atomic E-state index is 0.139. The number of rotatable bonds is 8. The molecule has 1 saturated heterocycles. The molecule has 0 aliphatic carbocycles. The largest absolute Gasteiger partial charge is 0.497 e. The third-order valence-corrected chi connectivity index (χ3v) is 4.30. The van der Waals surface area contributed by atoms with Crippen LogP contribution in [0.25, 0.3) is 0 Å². The van der Waals surface area contributed by atoms with Crippen molar-refractivity contribution in [3.63, 3.8) is 0 Å². The number of hydrogen-bond acceptors (Lipinski definition) is 5. The maximum absolute atomic E-state index is 12.8. The van der Waals surface area contributed by atoms with Gasteiger partial charge >= 0.3 is 5.97 Å². The molecule has 1 N–H and O–H groups in total. The van der Waals surface area contributed by atoms with Crippen LogP contribution in [0.15, 0.2) is 24.3 Å². The monoisotopic (exact) mass is 362 g/mol. The summed E-state index contributed by atoms with van der Waals surface area (Å²) in [7, 11) is 1.55. The second-order valence-corrected chi connectivity index (χ2v) is 6.17. The molecule has 2 amide bonds. The molecule has 142 valence electrons. The summed E-state index contributed by atoms with van der Waals surface area (Å²) in [5.41, 5.74) is 0.446. The Labute approximate surface area is 153 Å². The average Bonchev–Trinajstić information content (AvgIpc) is 2.66. The summed E-state index contributed by atoms with van der Waals surface area (Å²) in [6, 6.07) is 5.82. The van der Waals surface area contributed by atoms with Crippen LogP contribution < -0.4 is 10.1 Å². The van der Waals surface area contributed by atoms with Crippen molar-refractivity contribution >= 4 is 17.8 Å². The first-order valence-electron chi connectivity index (χ1n) is 8.95. The Bertz CT molecular complexity index is 629. The Morgan fingerprint density at radius 3 is 2.62 bits per heavy atom. The molecule has 2 rings (SSSR count). The molecule has 1 fully saturated rings. The van der Waals surface area contributed by atoms with Gasteiger partial charge in [-0.3, -0.25) is 14.4 Å². The van der Waals surface area contributed by atoms with Gasteiger partial charge in [-0.1, -0.05) is 19.8 Å². The second-order valence-electron chi connectivity index (χ2n) is 6.17. The number of piperazine rings is 1. The Hall–Kier alpha value is -2.57. The van der Waals surface area contributed by atoms with Gasteiger partial charge in [-0.05, 0) is 30.7 Å². The molecule has 1 aliphatic rings. The lowest BCUT2D eigenvalue weighted by Crippen LogP contribution is -2.57. The highest BCUT2D eigenvalue weighted by atomic mass is 16.5. The fourth-order valence-electron chi connectivity index (χ4n) is 2.81. The highest BCUT2D eigenvalue weighted by Crippen LogP contribution is 2.17. The van der Waals surface area contributed by atoms with Crippen molar-refractivity contribution in [1.82, 2.24) is 10.2 Å². The molecular formula is C19H26N2O5. The Kier molecular flexibility index (Phi) is 7.44. The smallest absolute Gasteiger partial charge is 0.308 e. The molecule has 0 radical (unpaired) electrons. The molecule has 0 spiro atoms. The van der Waals surface area contributed by atoms with Gasteiger partial charge in [0.05, 0.1) is 20.1 Å². The fourth-order valence-corrected chi connectivity index (χ4v) is 2.81. The molecule has 1 heterocycles. The van der Waals surface area contributed by atoms with Crippen LogP contribution in [-0.4, -0.2) is 55.5 Å². The van der Waals surface area contributed by atoms with Crippen LogP contribution in [-0.2, 0) is 14.3 Å². The number of methoxy groups -OCH3 is 1. The molecule has 0 bridgehead atoms. The number of carbonyl (C=O) groups is 3. The van der Waals surface area contributed by atoms with Crippen LogP contribution in [0.4, 0.5) is 0 Å². The molecule has 0 saturated carbocycles. The SMILES string of the molecule is CCCCCOC(=O)CC1C(=O)NCCN1C(=O)c1ccc(OC)cc1. The average molecular weight is 362 g/mol. The zero-order valence-electron chi connectivity index (χ0n) is 15.3. The van der Waals surface area contributed by atoms with Gasteiger partial charge in [-0.2, -0.15) is 0 Å². The van der Waals surface area contributed by atoms with Crippen LogP contribution >= 0.6 is 0 Å². The first-order valence-corrected chi connectivity index (χ1v) is 8.95. The van der Waals surface area contributed by atoms with Gasteiger partial charge in [0.15, 0.2) is 0 Å². The minimum atomic E-state index is -0.850. The number of nitrogens with one attached hydrogen (secondary N) is 1. The van der Waals surface area contributed by atoms with E-state index in [1.165, 1.54) is 4.90 Å². The third-order valence-electron chi connectivity index (χ3n) is 4.30. The summed E-state index contributed by atoms with van der Waals surface area (Å²) < 4.78 is 10.3. The van der Waals surface area contributed by atoms with Gasteiger partial charge in [0.1, 0.15) is 11.8 Å². The van der Waals surface area contributed by atoms with Crippen molar-refractivity contribution in [3.8, 4) is 5.75 Å². The van der Waals surface area contributed by atoms with Crippen molar-refractivity contribution < 1.29 is 23.9 Å². The number of unbranched alkanes of at least 4 members (excludes halogenated alkanes) is 2. The third kappa shape index (κ3) is 5.21. The number of benzene rings is 1. The summed E-state index contributed by atoms with van der Waals surface area (Å²) >= 11 is 0. The maximum Gasteiger partial charge on any atom is 0.308 e. The van der Waals surface area contributed by atoms with Crippen LogP contribution in [0.5, 0.6) is 5.75 Å². The van der Waals surface area contributed by atoms with Gasteiger partial charge in [-0.25, -0.2) is 0 Å². The van der Waals surface area contributed by atoms with Gasteiger partial charge < -0.3 is 19.7 Å². The van der Waals surface area contributed by atoms with E-state index in [0.717, 1.165) is 19.3 Å². The quantitative estimate of drug-likeness (QED) is 0.563. The molecule has 1 aliphatic heterocycles. The van der Waals surface area contributed by atoms with E-state index >= 15 is 0 Å². The van der Waals surface area contributed by atoms with Crippen molar-refractivity contribution in [2.75, 3.05) is 26.8 Å². The minimum Gasteiger partial charge on any atom is -0.497 e. The first-order chi connectivity index (χ1) is 12.6. The molecule has 1 unspecified atom stereocenters. The van der Waals surface area contributed by atoms with Gasteiger partial charge in [0.25, 0.3) is 5.91 Å². The topological polar surface area (TPSA) is 84.9 Å². The summed E-state index contributed by atoms with van der Waals surface area (Å²) in [6.45, 7) is 3.12. The number of carbonyl (C=O) groups excluding carboxylic acids is 3. The van der Waals surface area contributed by atoms with E-state index in [9.17, 15) is 14.4 Å². The zero-order chi connectivity index (χ0) is 18.9. The normalized spacial score (nSPS) is 16.8. The lowest BCUT2D eigenvalue weighted by atomic mass is 10.1. The second kappa shape index (κ2) is 9.79. The maximum atomic E-state index is 12.8. The summed E-state index contributed by atoms with van der Waals surface area (Å²) in [5.74, 6) is -0.435. The molecule has 1 atom stereocenters. The number of amides is 2. The van der Waals surface area contributed by atoms with E-state index in [0.29, 0.717) is 31.0 Å². The highest BCUT2D eigenvalue weighted by molar-refractivity contribution is 5.99. The molecule has 1 aromatic carbocycles. The van der Waals surface area contributed by atoms with Crippen LogP contribution in [0.2, 0.25) is 0 Å². The number of esters is 1. The molecule has 26 heavy (non-hydrogen) atoms. The predicted octanol–water partition coefficient (Wildman–Crippen LogP) is 1.76. The van der Waals surface area contributed by atoms with Crippen LogP contribution in [0.1, 0.15) is 43.0 Å². The van der Waals surface area contributed by atoms with E-state index < -0.39 is 12.0 Å². The van der Waals surface area contributed by atoms with Crippen molar-refractivity contribution in [1.29, 1.82) is 0 Å². The standard InChI is InChI=1S/C19H26N2O5/c1-3-4-5-12-26-17(22)13-16-18(23)20-10-11-21(16)19(24)14-6-8-15(25-2)9-7-14/h6-9,16H,3-5,10-13H2,1-2H3,(H,20,23). The van der Waals surface area contributed by atoms with E-state index in [1.807, 2.05) is 0 Å². The highest BCUT2D eigenvalue weighted by Gasteiger charge is 2.35. The van der Waals surface area contributed by atoms with Crippen LogP contribution in [0.3, 0.4) is 0 Å². The molecule has 0 aromatic heterocycles. The number of hydrogen-bond donors (Lipinski definition) is 1. The van der Waals surface area contributed by atoms with Gasteiger partial charge in [-0.15, -0.1) is 0 Å². The fraction of sp³-hybridized carbons (Fsp3) is 0.526. The van der Waals surface area contributed by atoms with Gasteiger partial charge in [0.2, 0.25) is 5.91 Å². The molecule has 7 heteroatoms. The van der Waals surface area contributed by atoms with Crippen molar-refractivity contribution in [2.24, 2.45) is 0 Å². The lowest BCUT2D eigenvalue weighted by molar-refractivity contribution is -0.147. The van der Waals surface area contributed by atoms with E-state index in [2.05, 4.69) is 12.2 Å². The first kappa shape index (κ1) is 19.8. The Morgan fingerprint density at radius 2 is 1.96 bits per heavy atom. The summed E-state index contributed by atoms with van der Waals surface area (Å²) in [4.78, 5) is 38.5. The van der Waals surface area contributed by atoms with E-state index in [4.69, 9.17) is 9.47 Å². The van der Waals surface area contributed by atoms with Gasteiger partial charge in [0, 0.05) is 18.7 Å². The number of nitrogens with zero attached hydrogens (tertiary/aromatic N) is 1. The van der Waals surface area contributed by atoms with E-state index in [-0.39, 0.29) is 18.2 Å². The molecule has 7 nitrogen and oxygen atoms in total. The number of ether oxygens (including phenoxy) is 2. The lowest BCUT2D eigenvalue weighted by Gasteiger charge is -2.34. The van der Waals surface area contributed by atoms with Crippen molar-refractivity contribution in [3.05, 3.63) is 29.8 Å². The molecular weight excluding hydrogens is 336 g/mol. The summed E-state index contributed by atoms with van der Waals surface area (Å²) in [6.07, 6.45) is 2.68. The van der Waals surface area contributed by atoms with Crippen LogP contribution in [0, 0.1) is 0 Å². The predicted molar refractivity (Wildman–Crippen MR) is 95.9 cm³/mol. The molecule has 1 aromatic rings.